The van der Waals surface area contributed by atoms with Crippen LogP contribution >= 0.6 is 11.9 Å². The lowest BCUT2D eigenvalue weighted by Crippen LogP contribution is -2.34. The highest BCUT2D eigenvalue weighted by Crippen LogP contribution is 2.30. The largest absolute Gasteiger partial charge is 0.258 e. The van der Waals surface area contributed by atoms with E-state index in [0.717, 1.165) is 0 Å². The molecule has 1 aliphatic rings. The zero-order chi connectivity index (χ0) is 7.45. The Labute approximate surface area is 68.1 Å². The van der Waals surface area contributed by atoms with Crippen molar-refractivity contribution in [3.05, 3.63) is 0 Å². The molecule has 1 rings (SSSR count). The van der Waals surface area contributed by atoms with Gasteiger partial charge in [-0.1, -0.05) is 31.7 Å². The molecule has 2 heteroatoms. The number of nitrogens with one attached hydrogen (secondary N) is 1. The predicted octanol–water partition coefficient (Wildman–Crippen LogP) is 2.58. The van der Waals surface area contributed by atoms with Crippen molar-refractivity contribution in [2.45, 2.75) is 45.1 Å². The van der Waals surface area contributed by atoms with Crippen molar-refractivity contribution in [3.63, 3.8) is 0 Å². The van der Waals surface area contributed by atoms with E-state index >= 15 is 0 Å². The van der Waals surface area contributed by atoms with Crippen LogP contribution in [0.5, 0.6) is 0 Å². The Morgan fingerprint density at radius 1 is 1.40 bits per heavy atom. The van der Waals surface area contributed by atoms with Gasteiger partial charge >= 0.3 is 0 Å². The lowest BCUT2D eigenvalue weighted by atomic mass is 10.0. The lowest BCUT2D eigenvalue weighted by Gasteiger charge is -2.23. The molecule has 0 aromatic carbocycles. The molecule has 0 unspecified atom stereocenters. The van der Waals surface area contributed by atoms with Gasteiger partial charge in [-0.25, -0.2) is 0 Å². The standard InChI is InChI=1S/C8H17NS/c1-3-10-9-8(2)6-4-5-7-8/h9H,3-7H2,1-2H3. The average Bonchev–Trinajstić information content (AvgIpc) is 2.33. The Kier molecular flexibility index (Phi) is 3.05. The molecule has 1 aliphatic carbocycles. The highest BCUT2D eigenvalue weighted by molar-refractivity contribution is 7.97. The van der Waals surface area contributed by atoms with E-state index in [0.29, 0.717) is 5.54 Å². The Balaban J connectivity index is 2.22. The first-order chi connectivity index (χ1) is 4.77. The molecule has 0 heterocycles. The first-order valence-corrected chi connectivity index (χ1v) is 5.14. The summed E-state index contributed by atoms with van der Waals surface area (Å²) in [5, 5.41) is 0. The maximum atomic E-state index is 3.52. The van der Waals surface area contributed by atoms with Gasteiger partial charge in [0.1, 0.15) is 0 Å². The Morgan fingerprint density at radius 2 is 2.00 bits per heavy atom. The molecular formula is C8H17NS. The summed E-state index contributed by atoms with van der Waals surface area (Å²) >= 11 is 1.85. The second-order valence-corrected chi connectivity index (χ2v) is 4.37. The van der Waals surface area contributed by atoms with Crippen molar-refractivity contribution < 1.29 is 0 Å². The molecule has 10 heavy (non-hydrogen) atoms. The minimum atomic E-state index is 0.459. The fraction of sp³-hybridized carbons (Fsp3) is 1.00. The van der Waals surface area contributed by atoms with Gasteiger partial charge in [0.15, 0.2) is 0 Å². The van der Waals surface area contributed by atoms with Crippen molar-refractivity contribution in [2.24, 2.45) is 0 Å². The number of hydrogen-bond acceptors (Lipinski definition) is 2. The van der Waals surface area contributed by atoms with Gasteiger partial charge in [-0.05, 0) is 19.8 Å². The SMILES string of the molecule is CCSNC1(C)CCCC1. The van der Waals surface area contributed by atoms with Crippen LogP contribution in [0.4, 0.5) is 0 Å². The van der Waals surface area contributed by atoms with Crippen LogP contribution in [-0.4, -0.2) is 11.3 Å². The van der Waals surface area contributed by atoms with Crippen molar-refractivity contribution in [2.75, 3.05) is 5.75 Å². The average molecular weight is 159 g/mol. The molecular weight excluding hydrogens is 142 g/mol. The monoisotopic (exact) mass is 159 g/mol. The van der Waals surface area contributed by atoms with Gasteiger partial charge in [0, 0.05) is 11.3 Å². The van der Waals surface area contributed by atoms with Gasteiger partial charge in [0.25, 0.3) is 0 Å². The molecule has 0 atom stereocenters. The van der Waals surface area contributed by atoms with Gasteiger partial charge in [-0.2, -0.15) is 0 Å². The summed E-state index contributed by atoms with van der Waals surface area (Å²) in [6.45, 7) is 4.53. The van der Waals surface area contributed by atoms with E-state index in [9.17, 15) is 0 Å². The second-order valence-electron chi connectivity index (χ2n) is 3.30. The Bertz CT molecular complexity index is 97.4. The fourth-order valence-electron chi connectivity index (χ4n) is 1.50. The molecule has 0 aromatic rings. The molecule has 0 bridgehead atoms. The maximum Gasteiger partial charge on any atom is 0.0254 e. The summed E-state index contributed by atoms with van der Waals surface area (Å²) in [5.74, 6) is 1.18. The maximum absolute atomic E-state index is 3.52. The topological polar surface area (TPSA) is 12.0 Å². The quantitative estimate of drug-likeness (QED) is 0.635. The van der Waals surface area contributed by atoms with Crippen molar-refractivity contribution in [3.8, 4) is 0 Å². The van der Waals surface area contributed by atoms with E-state index in [1.165, 1.54) is 31.4 Å². The highest BCUT2D eigenvalue weighted by atomic mass is 32.2. The molecule has 1 N–H and O–H groups in total. The van der Waals surface area contributed by atoms with Crippen LogP contribution in [0.2, 0.25) is 0 Å². The van der Waals surface area contributed by atoms with Crippen LogP contribution in [0.25, 0.3) is 0 Å². The molecule has 60 valence electrons. The molecule has 0 amide bonds. The third-order valence-electron chi connectivity index (χ3n) is 2.17. The molecule has 1 nitrogen and oxygen atoms in total. The van der Waals surface area contributed by atoms with Gasteiger partial charge in [0.2, 0.25) is 0 Å². The molecule has 1 fully saturated rings. The zero-order valence-corrected chi connectivity index (χ0v) is 7.76. The first-order valence-electron chi connectivity index (χ1n) is 4.16. The van der Waals surface area contributed by atoms with Gasteiger partial charge in [0.05, 0.1) is 0 Å². The van der Waals surface area contributed by atoms with Crippen LogP contribution in [0.3, 0.4) is 0 Å². The number of rotatable bonds is 3. The predicted molar refractivity (Wildman–Crippen MR) is 48.1 cm³/mol. The lowest BCUT2D eigenvalue weighted by molar-refractivity contribution is 0.451. The van der Waals surface area contributed by atoms with E-state index in [1.54, 1.807) is 0 Å². The van der Waals surface area contributed by atoms with Gasteiger partial charge in [-0.15, -0.1) is 0 Å². The van der Waals surface area contributed by atoms with E-state index < -0.39 is 0 Å². The van der Waals surface area contributed by atoms with Gasteiger partial charge < -0.3 is 0 Å². The summed E-state index contributed by atoms with van der Waals surface area (Å²) in [5.41, 5.74) is 0.459. The molecule has 0 radical (unpaired) electrons. The van der Waals surface area contributed by atoms with Crippen LogP contribution in [0.15, 0.2) is 0 Å². The minimum absolute atomic E-state index is 0.459. The summed E-state index contributed by atoms with van der Waals surface area (Å²) in [4.78, 5) is 0. The zero-order valence-electron chi connectivity index (χ0n) is 6.94. The fourth-order valence-corrected chi connectivity index (χ4v) is 2.20. The molecule has 0 saturated heterocycles. The first kappa shape index (κ1) is 8.41. The van der Waals surface area contributed by atoms with Crippen LogP contribution < -0.4 is 4.72 Å². The van der Waals surface area contributed by atoms with Crippen LogP contribution in [0, 0.1) is 0 Å². The molecule has 0 aromatic heterocycles. The summed E-state index contributed by atoms with van der Waals surface area (Å²) in [6.07, 6.45) is 5.54. The Hall–Kier alpha value is 0.310. The molecule has 0 spiro atoms. The Morgan fingerprint density at radius 3 is 2.50 bits per heavy atom. The highest BCUT2D eigenvalue weighted by Gasteiger charge is 2.27. The van der Waals surface area contributed by atoms with Gasteiger partial charge in [-0.3, -0.25) is 4.72 Å². The third-order valence-corrected chi connectivity index (χ3v) is 3.10. The van der Waals surface area contributed by atoms with Crippen molar-refractivity contribution in [1.82, 2.24) is 4.72 Å². The van der Waals surface area contributed by atoms with Crippen LogP contribution in [-0.2, 0) is 0 Å². The molecule has 1 saturated carbocycles. The second kappa shape index (κ2) is 3.63. The summed E-state index contributed by atoms with van der Waals surface area (Å²) in [7, 11) is 0. The molecule has 0 aliphatic heterocycles. The number of hydrogen-bond donors (Lipinski definition) is 1. The normalized spacial score (nSPS) is 23.4. The van der Waals surface area contributed by atoms with E-state index in [-0.39, 0.29) is 0 Å². The van der Waals surface area contributed by atoms with Crippen molar-refractivity contribution >= 4 is 11.9 Å². The van der Waals surface area contributed by atoms with E-state index in [2.05, 4.69) is 18.6 Å². The van der Waals surface area contributed by atoms with E-state index in [1.807, 2.05) is 11.9 Å². The van der Waals surface area contributed by atoms with E-state index in [4.69, 9.17) is 0 Å². The van der Waals surface area contributed by atoms with Crippen molar-refractivity contribution in [1.29, 1.82) is 0 Å². The summed E-state index contributed by atoms with van der Waals surface area (Å²) < 4.78 is 3.52. The third kappa shape index (κ3) is 2.17. The smallest absolute Gasteiger partial charge is 0.0254 e. The summed E-state index contributed by atoms with van der Waals surface area (Å²) in [6, 6.07) is 0. The van der Waals surface area contributed by atoms with Crippen LogP contribution in [0.1, 0.15) is 39.5 Å². The minimum Gasteiger partial charge on any atom is -0.258 e.